The molecule has 0 fully saturated rings. The Morgan fingerprint density at radius 3 is 2.17 bits per heavy atom. The number of carbonyl (C=O) groups excluding carboxylic acids is 1. The van der Waals surface area contributed by atoms with E-state index in [0.29, 0.717) is 18.1 Å². The third-order valence-electron chi connectivity index (χ3n) is 2.29. The van der Waals surface area contributed by atoms with Crippen molar-refractivity contribution >= 4 is 6.09 Å². The first-order chi connectivity index (χ1) is 8.74. The molecule has 0 aliphatic heterocycles. The molecule has 4 nitrogen and oxygen atoms in total. The summed E-state index contributed by atoms with van der Waals surface area (Å²) >= 11 is 0. The number of amides is 1. The second-order valence-electron chi connectivity index (χ2n) is 3.67. The Morgan fingerprint density at radius 2 is 1.56 bits per heavy atom. The lowest BCUT2D eigenvalue weighted by Gasteiger charge is -2.07. The van der Waals surface area contributed by atoms with Gasteiger partial charge in [-0.15, -0.1) is 0 Å². The molecule has 2 N–H and O–H groups in total. The van der Waals surface area contributed by atoms with Gasteiger partial charge in [-0.25, -0.2) is 4.79 Å². The molecule has 0 heterocycles. The average molecular weight is 243 g/mol. The van der Waals surface area contributed by atoms with Crippen LogP contribution in [-0.2, 0) is 6.61 Å². The molecule has 2 aromatic rings. The molecule has 0 aliphatic carbocycles. The zero-order valence-corrected chi connectivity index (χ0v) is 9.71. The molecule has 0 aromatic heterocycles. The summed E-state index contributed by atoms with van der Waals surface area (Å²) in [4.78, 5) is 10.5. The predicted molar refractivity (Wildman–Crippen MR) is 67.4 cm³/mol. The lowest BCUT2D eigenvalue weighted by Crippen LogP contribution is -2.16. The summed E-state index contributed by atoms with van der Waals surface area (Å²) in [6.45, 7) is 0.497. The molecule has 0 spiro atoms. The van der Waals surface area contributed by atoms with E-state index in [1.165, 1.54) is 0 Å². The quantitative estimate of drug-likeness (QED) is 0.898. The van der Waals surface area contributed by atoms with Crippen LogP contribution >= 0.6 is 0 Å². The van der Waals surface area contributed by atoms with Crippen molar-refractivity contribution in [3.63, 3.8) is 0 Å². The number of primary amides is 1. The molecule has 2 aromatic carbocycles. The maximum absolute atomic E-state index is 10.5. The van der Waals surface area contributed by atoms with E-state index in [4.69, 9.17) is 15.2 Å². The Hall–Kier alpha value is -2.49. The summed E-state index contributed by atoms with van der Waals surface area (Å²) in [5.41, 5.74) is 6.00. The first-order valence-electron chi connectivity index (χ1n) is 5.48. The van der Waals surface area contributed by atoms with Crippen molar-refractivity contribution in [2.75, 3.05) is 0 Å². The topological polar surface area (TPSA) is 61.6 Å². The maximum atomic E-state index is 10.5. The number of nitrogens with two attached hydrogens (primary N) is 1. The van der Waals surface area contributed by atoms with Crippen LogP contribution in [0.3, 0.4) is 0 Å². The first-order valence-corrected chi connectivity index (χ1v) is 5.48. The van der Waals surface area contributed by atoms with Gasteiger partial charge in [-0.3, -0.25) is 0 Å². The van der Waals surface area contributed by atoms with Gasteiger partial charge < -0.3 is 15.2 Å². The van der Waals surface area contributed by atoms with Gasteiger partial charge in [-0.05, 0) is 29.8 Å². The minimum absolute atomic E-state index is 0.398. The molecular formula is C14H13NO3. The van der Waals surface area contributed by atoms with Gasteiger partial charge in [0.2, 0.25) is 0 Å². The van der Waals surface area contributed by atoms with Crippen molar-refractivity contribution in [3.8, 4) is 11.5 Å². The van der Waals surface area contributed by atoms with Gasteiger partial charge in [0.15, 0.2) is 0 Å². The number of ether oxygens (including phenoxy) is 2. The minimum atomic E-state index is -0.826. The van der Waals surface area contributed by atoms with Crippen LogP contribution in [0.25, 0.3) is 0 Å². The molecule has 2 rings (SSSR count). The van der Waals surface area contributed by atoms with Gasteiger partial charge >= 0.3 is 6.09 Å². The molecule has 4 heteroatoms. The Morgan fingerprint density at radius 1 is 0.944 bits per heavy atom. The van der Waals surface area contributed by atoms with Crippen LogP contribution in [0.15, 0.2) is 54.6 Å². The van der Waals surface area contributed by atoms with Crippen LogP contribution in [0.5, 0.6) is 11.5 Å². The summed E-state index contributed by atoms with van der Waals surface area (Å²) in [6, 6.07) is 16.6. The summed E-state index contributed by atoms with van der Waals surface area (Å²) in [5, 5.41) is 0. The fourth-order valence-corrected chi connectivity index (χ4v) is 1.46. The number of hydrogen-bond donors (Lipinski definition) is 1. The Labute approximate surface area is 105 Å². The molecule has 18 heavy (non-hydrogen) atoms. The lowest BCUT2D eigenvalue weighted by molar-refractivity contribution is 0.210. The average Bonchev–Trinajstić information content (AvgIpc) is 2.38. The van der Waals surface area contributed by atoms with E-state index in [-0.39, 0.29) is 0 Å². The standard InChI is InChI=1S/C14H13NO3/c15-14(16)18-13-8-6-12(7-9-13)17-10-11-4-2-1-3-5-11/h1-9H,10H2,(H2,15,16). The molecule has 92 valence electrons. The van der Waals surface area contributed by atoms with Crippen LogP contribution < -0.4 is 15.2 Å². The maximum Gasteiger partial charge on any atom is 0.409 e. The van der Waals surface area contributed by atoms with Gasteiger partial charge in [0, 0.05) is 0 Å². The SMILES string of the molecule is NC(=O)Oc1ccc(OCc2ccccc2)cc1. The van der Waals surface area contributed by atoms with Crippen molar-refractivity contribution in [2.45, 2.75) is 6.61 Å². The van der Waals surface area contributed by atoms with Crippen molar-refractivity contribution in [2.24, 2.45) is 5.73 Å². The zero-order valence-electron chi connectivity index (χ0n) is 9.71. The van der Waals surface area contributed by atoms with E-state index in [2.05, 4.69) is 0 Å². The van der Waals surface area contributed by atoms with Crippen LogP contribution in [0.1, 0.15) is 5.56 Å². The van der Waals surface area contributed by atoms with Crippen molar-refractivity contribution in [3.05, 3.63) is 60.2 Å². The third-order valence-corrected chi connectivity index (χ3v) is 2.29. The van der Waals surface area contributed by atoms with E-state index in [1.54, 1.807) is 24.3 Å². The van der Waals surface area contributed by atoms with Gasteiger partial charge in [0.1, 0.15) is 18.1 Å². The fraction of sp³-hybridized carbons (Fsp3) is 0.0714. The Bertz CT molecular complexity index is 508. The second-order valence-corrected chi connectivity index (χ2v) is 3.67. The summed E-state index contributed by atoms with van der Waals surface area (Å²) in [6.07, 6.45) is -0.826. The van der Waals surface area contributed by atoms with Gasteiger partial charge in [0.05, 0.1) is 0 Å². The van der Waals surface area contributed by atoms with Crippen molar-refractivity contribution in [1.29, 1.82) is 0 Å². The molecular weight excluding hydrogens is 230 g/mol. The lowest BCUT2D eigenvalue weighted by atomic mass is 10.2. The second kappa shape index (κ2) is 5.72. The van der Waals surface area contributed by atoms with Gasteiger partial charge in [-0.1, -0.05) is 30.3 Å². The van der Waals surface area contributed by atoms with E-state index < -0.39 is 6.09 Å². The van der Waals surface area contributed by atoms with Crippen molar-refractivity contribution < 1.29 is 14.3 Å². The fourth-order valence-electron chi connectivity index (χ4n) is 1.46. The van der Waals surface area contributed by atoms with E-state index in [9.17, 15) is 4.79 Å². The smallest absolute Gasteiger partial charge is 0.409 e. The normalized spacial score (nSPS) is 9.78. The largest absolute Gasteiger partial charge is 0.489 e. The van der Waals surface area contributed by atoms with E-state index in [1.807, 2.05) is 30.3 Å². The highest BCUT2D eigenvalue weighted by molar-refractivity contribution is 5.68. The molecule has 0 radical (unpaired) electrons. The first kappa shape index (κ1) is 12.0. The number of rotatable bonds is 4. The monoisotopic (exact) mass is 243 g/mol. The molecule has 0 aliphatic rings. The molecule has 0 bridgehead atoms. The van der Waals surface area contributed by atoms with Crippen LogP contribution in [-0.4, -0.2) is 6.09 Å². The zero-order chi connectivity index (χ0) is 12.8. The summed E-state index contributed by atoms with van der Waals surface area (Å²) < 4.78 is 10.3. The Kier molecular flexibility index (Phi) is 3.81. The third kappa shape index (κ3) is 3.52. The molecule has 0 unspecified atom stereocenters. The highest BCUT2D eigenvalue weighted by Crippen LogP contribution is 2.18. The predicted octanol–water partition coefficient (Wildman–Crippen LogP) is 2.72. The van der Waals surface area contributed by atoms with Crippen LogP contribution in [0.4, 0.5) is 4.79 Å². The molecule has 0 saturated carbocycles. The summed E-state index contributed by atoms with van der Waals surface area (Å²) in [5.74, 6) is 1.10. The van der Waals surface area contributed by atoms with E-state index in [0.717, 1.165) is 5.56 Å². The Balaban J connectivity index is 1.92. The molecule has 0 atom stereocenters. The van der Waals surface area contributed by atoms with E-state index >= 15 is 0 Å². The number of carbonyl (C=O) groups is 1. The minimum Gasteiger partial charge on any atom is -0.489 e. The highest BCUT2D eigenvalue weighted by atomic mass is 16.5. The number of hydrogen-bond acceptors (Lipinski definition) is 3. The van der Waals surface area contributed by atoms with Crippen LogP contribution in [0.2, 0.25) is 0 Å². The summed E-state index contributed by atoms with van der Waals surface area (Å²) in [7, 11) is 0. The van der Waals surface area contributed by atoms with Gasteiger partial charge in [0.25, 0.3) is 0 Å². The molecule has 0 saturated heterocycles. The van der Waals surface area contributed by atoms with Crippen molar-refractivity contribution in [1.82, 2.24) is 0 Å². The highest BCUT2D eigenvalue weighted by Gasteiger charge is 1.99. The van der Waals surface area contributed by atoms with Gasteiger partial charge in [-0.2, -0.15) is 0 Å². The number of benzene rings is 2. The van der Waals surface area contributed by atoms with Crippen LogP contribution in [0, 0.1) is 0 Å². The molecule has 1 amide bonds.